The highest BCUT2D eigenvalue weighted by Crippen LogP contribution is 2.26. The highest BCUT2D eigenvalue weighted by atomic mass is 33.1. The van der Waals surface area contributed by atoms with E-state index in [2.05, 4.69) is 62.5 Å². The van der Waals surface area contributed by atoms with Gasteiger partial charge in [-0.15, -0.1) is 0 Å². The lowest BCUT2D eigenvalue weighted by Gasteiger charge is -2.31. The van der Waals surface area contributed by atoms with E-state index in [1.807, 2.05) is 36.4 Å². The van der Waals surface area contributed by atoms with Gasteiger partial charge in [-0.25, -0.2) is 4.79 Å². The van der Waals surface area contributed by atoms with Gasteiger partial charge in [0.1, 0.15) is 54.4 Å². The van der Waals surface area contributed by atoms with Crippen molar-refractivity contribution in [3.05, 3.63) is 48.0 Å². The summed E-state index contributed by atoms with van der Waals surface area (Å²) in [4.78, 5) is 162. The Labute approximate surface area is 571 Å². The Morgan fingerprint density at radius 1 is 0.557 bits per heavy atom. The van der Waals surface area contributed by atoms with E-state index < -0.39 is 120 Å². The van der Waals surface area contributed by atoms with E-state index in [-0.39, 0.29) is 152 Å². The van der Waals surface area contributed by atoms with Crippen LogP contribution in [0.4, 0.5) is 0 Å². The fourth-order valence-electron chi connectivity index (χ4n) is 10.6. The van der Waals surface area contributed by atoms with Crippen LogP contribution < -0.4 is 106 Å². The molecule has 2 saturated heterocycles. The minimum absolute atomic E-state index is 0.00378. The smallest absolute Gasteiger partial charge is 0.326 e. The average Bonchev–Trinajstić information content (AvgIpc) is 1.75. The molecule has 2 heterocycles. The third-order valence-electron chi connectivity index (χ3n) is 15.7. The molecule has 0 radical (unpaired) electrons. The molecule has 97 heavy (non-hydrogen) atoms. The van der Waals surface area contributed by atoms with Gasteiger partial charge in [0.2, 0.25) is 53.2 Å². The van der Waals surface area contributed by atoms with Crippen molar-refractivity contribution in [2.75, 3.05) is 57.3 Å². The largest absolute Gasteiger partial charge is 0.480 e. The molecule has 2 aromatic carbocycles. The fourth-order valence-corrected chi connectivity index (χ4v) is 12.9. The van der Waals surface area contributed by atoms with Gasteiger partial charge < -0.3 is 116 Å². The number of aliphatic carboxylic acids is 1. The highest BCUT2D eigenvalue weighted by molar-refractivity contribution is 8.76. The number of rotatable bonds is 35. The third-order valence-corrected chi connectivity index (χ3v) is 18.1. The summed E-state index contributed by atoms with van der Waals surface area (Å²) in [6, 6.07) is -0.756. The van der Waals surface area contributed by atoms with Crippen LogP contribution in [0.25, 0.3) is 10.8 Å². The number of nitrogens with zero attached hydrogens (tertiary/aromatic N) is 5. The first kappa shape index (κ1) is 80.5. The molecule has 2 aromatic rings. The maximum absolute atomic E-state index is 15.1. The molecule has 37 heteroatoms. The summed E-state index contributed by atoms with van der Waals surface area (Å²) in [7, 11) is 1.84. The Kier molecular flexibility index (Phi) is 35.9. The normalized spacial score (nSPS) is 20.1. The van der Waals surface area contributed by atoms with Gasteiger partial charge in [-0.2, -0.15) is 0 Å². The van der Waals surface area contributed by atoms with Gasteiger partial charge in [0.15, 0.2) is 23.8 Å². The zero-order chi connectivity index (χ0) is 71.4. The number of aliphatic imine (C=N–C) groups is 4. The molecule has 2 aliphatic heterocycles. The molecule has 4 rings (SSSR count). The molecule has 2 aliphatic rings. The van der Waals surface area contributed by atoms with Crippen LogP contribution in [0.5, 0.6) is 0 Å². The van der Waals surface area contributed by atoms with E-state index in [9.17, 15) is 43.5 Å². The molecule has 2 fully saturated rings. The minimum atomic E-state index is -1.58. The van der Waals surface area contributed by atoms with Crippen LogP contribution >= 0.6 is 21.6 Å². The number of benzene rings is 2. The molecule has 9 amide bonds. The monoisotopic (exact) mass is 1400 g/mol. The number of carboxylic acids is 1. The number of carbonyl (C=O) groups is 10. The first-order valence-corrected chi connectivity index (χ1v) is 34.9. The quantitative estimate of drug-likeness (QED) is 0.0132. The van der Waals surface area contributed by atoms with Gasteiger partial charge >= 0.3 is 5.97 Å². The summed E-state index contributed by atoms with van der Waals surface area (Å²) in [5.41, 5.74) is 63.1. The van der Waals surface area contributed by atoms with Crippen LogP contribution in [0, 0.1) is 0 Å². The number of nitrogens with two attached hydrogens (primary N) is 11. The molecule has 10 atom stereocenters. The van der Waals surface area contributed by atoms with Crippen molar-refractivity contribution in [3.63, 3.8) is 0 Å². The summed E-state index contributed by atoms with van der Waals surface area (Å²) in [5, 5.41) is 33.8. The molecule has 35 nitrogen and oxygen atoms in total. The van der Waals surface area contributed by atoms with Crippen LogP contribution in [-0.2, 0) is 54.4 Å². The van der Waals surface area contributed by atoms with Crippen LogP contribution in [0.3, 0.4) is 0 Å². The summed E-state index contributed by atoms with van der Waals surface area (Å²) >= 11 is 0. The Morgan fingerprint density at radius 2 is 1.07 bits per heavy atom. The van der Waals surface area contributed by atoms with Crippen LogP contribution in [0.1, 0.15) is 108 Å². The van der Waals surface area contributed by atoms with Crippen molar-refractivity contribution in [1.82, 2.24) is 47.4 Å². The van der Waals surface area contributed by atoms with Crippen molar-refractivity contribution in [2.45, 2.75) is 170 Å². The van der Waals surface area contributed by atoms with E-state index in [4.69, 9.17) is 63.1 Å². The molecular formula is C60H100N24O11S2. The molecule has 538 valence electrons. The SMILES string of the molecule is NCCCC[C@@H]1NC(=O)[C@@H](NC(=O)[C@H](CCCN=C(N)N)NC(=O)[C@@H](Cc2ccc3ccccc3c2)NC(=O)[C@@H](N)CCCN=C(N)N)CSSC[C@@H](C(=O)N[C@@H](CCCN=C(N)N)C(=O)O)NC(=O)[C@H](CCCN=C(N)N)NC(=O)[C@@H]2CCCN2C(=O)[C@@H](CCCCN)NC1=O. The van der Waals surface area contributed by atoms with Gasteiger partial charge in [-0.1, -0.05) is 64.1 Å². The minimum Gasteiger partial charge on any atom is -0.480 e. The second-order valence-electron chi connectivity index (χ2n) is 23.4. The predicted octanol–water partition coefficient (Wildman–Crippen LogP) is -5.47. The maximum atomic E-state index is 15.1. The number of amides is 9. The standard InChI is InChI=1S/C60H100N24O11S2/c61-23-5-3-15-38-48(86)79-41(16-4-6-24-62)55(93)84-29-11-20-46(84)54(92)78-40(18-9-27-74-59(68)69)50(88)83-45(53(91)80-42(56(94)95)19-10-28-75-60(70)71)33-97-96-32-44(52(90)77-38)82-49(87)39(17-8-26-73-58(66)67)76-51(89)43(81-47(85)37(63)14-7-25-72-57(64)65)31-34-21-22-35-12-1-2-13-36(35)30-34/h1-2,12-13,21-22,30,37-46H,3-11,14-20,23-29,31-33,61-63H2,(H,76,89)(H,77,90)(H,78,92)(H,79,86)(H,80,91)(H,81,85)(H,82,87)(H,83,88)(H,94,95)(H4,64,65,72)(H4,66,67,73)(H4,68,69,74)(H4,70,71,75)/t37-,38-,39-,40-,41+,42-,43+,44-,45-,46-/m0/s1. The number of guanidine groups is 4. The number of nitrogens with one attached hydrogen (secondary N) is 8. The molecular weight excluding hydrogens is 1300 g/mol. The molecule has 0 bridgehead atoms. The average molecular weight is 1400 g/mol. The molecule has 0 saturated carbocycles. The van der Waals surface area contributed by atoms with Crippen molar-refractivity contribution < 1.29 is 53.1 Å². The Hall–Kier alpha value is -8.94. The van der Waals surface area contributed by atoms with Crippen molar-refractivity contribution >= 4 is 115 Å². The summed E-state index contributed by atoms with van der Waals surface area (Å²) in [5.74, 6) is -10.3. The Balaban J connectivity index is 1.85. The number of carboxylic acid groups (broad SMARTS) is 1. The van der Waals surface area contributed by atoms with Crippen molar-refractivity contribution in [3.8, 4) is 0 Å². The van der Waals surface area contributed by atoms with Gasteiger partial charge in [-0.05, 0) is 132 Å². The number of unbranched alkanes of at least 4 members (excludes halogenated alkanes) is 2. The van der Waals surface area contributed by atoms with Crippen LogP contribution in [-0.4, -0.2) is 211 Å². The predicted molar refractivity (Wildman–Crippen MR) is 374 cm³/mol. The Bertz CT molecular complexity index is 3070. The zero-order valence-electron chi connectivity index (χ0n) is 54.6. The lowest BCUT2D eigenvalue weighted by molar-refractivity contribution is -0.143. The Morgan fingerprint density at radius 3 is 1.67 bits per heavy atom. The zero-order valence-corrected chi connectivity index (χ0v) is 56.3. The fraction of sp³-hybridized carbons (Fsp3) is 0.600. The van der Waals surface area contributed by atoms with Gasteiger partial charge in [0, 0.05) is 50.7 Å². The molecule has 0 aromatic heterocycles. The summed E-state index contributed by atoms with van der Waals surface area (Å²) in [6.45, 7) is 0.760. The topological polar surface area (TPSA) is 626 Å². The van der Waals surface area contributed by atoms with E-state index >= 15 is 9.59 Å². The molecule has 0 aliphatic carbocycles. The second kappa shape index (κ2) is 43.3. The van der Waals surface area contributed by atoms with E-state index in [1.165, 1.54) is 4.90 Å². The van der Waals surface area contributed by atoms with Crippen molar-refractivity contribution in [2.24, 2.45) is 83.0 Å². The molecule has 0 unspecified atom stereocenters. The van der Waals surface area contributed by atoms with E-state index in [0.717, 1.165) is 32.4 Å². The third kappa shape index (κ3) is 29.5. The van der Waals surface area contributed by atoms with Crippen molar-refractivity contribution in [1.29, 1.82) is 0 Å². The van der Waals surface area contributed by atoms with Gasteiger partial charge in [0.25, 0.3) is 0 Å². The molecule has 31 N–H and O–H groups in total. The lowest BCUT2D eigenvalue weighted by Crippen LogP contribution is -2.61. The lowest BCUT2D eigenvalue weighted by atomic mass is 10.00. The summed E-state index contributed by atoms with van der Waals surface area (Å²) in [6.07, 6.45) is 2.41. The van der Waals surface area contributed by atoms with E-state index in [1.54, 1.807) is 6.07 Å². The number of hydrogen-bond acceptors (Lipinski definition) is 19. The number of fused-ring (bicyclic) bond motifs is 2. The second-order valence-corrected chi connectivity index (χ2v) is 26.0. The number of hydrogen-bond donors (Lipinski definition) is 20. The van der Waals surface area contributed by atoms with Crippen LogP contribution in [0.2, 0.25) is 0 Å². The molecule has 0 spiro atoms. The number of carbonyl (C=O) groups excluding carboxylic acids is 9. The van der Waals surface area contributed by atoms with Crippen LogP contribution in [0.15, 0.2) is 62.4 Å². The van der Waals surface area contributed by atoms with Gasteiger partial charge in [-0.3, -0.25) is 63.1 Å². The maximum Gasteiger partial charge on any atom is 0.326 e. The summed E-state index contributed by atoms with van der Waals surface area (Å²) < 4.78 is 0. The first-order chi connectivity index (χ1) is 46.3. The van der Waals surface area contributed by atoms with Gasteiger partial charge in [0.05, 0.1) is 6.04 Å². The first-order valence-electron chi connectivity index (χ1n) is 32.4. The van der Waals surface area contributed by atoms with E-state index in [0.29, 0.717) is 44.1 Å². The highest BCUT2D eigenvalue weighted by Gasteiger charge is 2.41.